The second-order valence-electron chi connectivity index (χ2n) is 17.1. The molecule has 340 valence electrons. The number of allylic oxidation sites excluding steroid dienone is 6. The minimum absolute atomic E-state index is 0.0263. The second kappa shape index (κ2) is 47.8. The fourth-order valence-corrected chi connectivity index (χ4v) is 7.49. The molecule has 0 aromatic heterocycles. The van der Waals surface area contributed by atoms with Crippen LogP contribution in [0.15, 0.2) is 36.5 Å². The number of ether oxygens (including phenoxy) is 1. The van der Waals surface area contributed by atoms with Crippen molar-refractivity contribution >= 4 is 11.9 Å². The summed E-state index contributed by atoms with van der Waals surface area (Å²) < 4.78 is 5.42. The van der Waals surface area contributed by atoms with E-state index in [1.165, 1.54) is 141 Å². The van der Waals surface area contributed by atoms with E-state index in [1.807, 2.05) is 0 Å². The number of esters is 1. The van der Waals surface area contributed by atoms with Gasteiger partial charge in [0.2, 0.25) is 5.91 Å². The monoisotopic (exact) mass is 816 g/mol. The normalized spacial score (nSPS) is 13.0. The summed E-state index contributed by atoms with van der Waals surface area (Å²) in [5.41, 5.74) is 0. The van der Waals surface area contributed by atoms with Crippen LogP contribution in [0.4, 0.5) is 0 Å². The van der Waals surface area contributed by atoms with Crippen molar-refractivity contribution in [2.24, 2.45) is 0 Å². The number of hydrogen-bond acceptors (Lipinski definition) is 5. The van der Waals surface area contributed by atoms with Crippen LogP contribution in [0, 0.1) is 0 Å². The average Bonchev–Trinajstić information content (AvgIpc) is 3.22. The number of nitrogens with one attached hydrogen (secondary N) is 1. The van der Waals surface area contributed by atoms with E-state index in [-0.39, 0.29) is 18.5 Å². The lowest BCUT2D eigenvalue weighted by molar-refractivity contribution is -0.143. The van der Waals surface area contributed by atoms with Crippen LogP contribution in [0.1, 0.15) is 258 Å². The predicted molar refractivity (Wildman–Crippen MR) is 250 cm³/mol. The highest BCUT2D eigenvalue weighted by Crippen LogP contribution is 2.15. The summed E-state index contributed by atoms with van der Waals surface area (Å²) in [5.74, 6) is -0.0792. The fraction of sp³-hybridized carbons (Fsp3) is 0.846. The molecule has 0 aliphatic carbocycles. The Morgan fingerprint density at radius 2 is 0.862 bits per heavy atom. The molecular weight excluding hydrogens is 719 g/mol. The van der Waals surface area contributed by atoms with Crippen LogP contribution in [0.25, 0.3) is 0 Å². The van der Waals surface area contributed by atoms with Gasteiger partial charge >= 0.3 is 5.97 Å². The first kappa shape index (κ1) is 56.1. The van der Waals surface area contributed by atoms with Gasteiger partial charge in [-0.15, -0.1) is 0 Å². The minimum Gasteiger partial charge on any atom is -0.466 e. The molecule has 0 radical (unpaired) electrons. The van der Waals surface area contributed by atoms with E-state index in [1.54, 1.807) is 0 Å². The van der Waals surface area contributed by atoms with Gasteiger partial charge in [-0.05, 0) is 89.9 Å². The molecule has 2 atom stereocenters. The molecular formula is C52H97NO5. The molecule has 0 saturated heterocycles. The van der Waals surface area contributed by atoms with Crippen LogP contribution in [0.5, 0.6) is 0 Å². The van der Waals surface area contributed by atoms with Crippen molar-refractivity contribution in [3.05, 3.63) is 36.5 Å². The predicted octanol–water partition coefficient (Wildman–Crippen LogP) is 14.9. The van der Waals surface area contributed by atoms with Crippen molar-refractivity contribution in [2.75, 3.05) is 13.2 Å². The number of unbranched alkanes of at least 4 members (excludes halogenated alkanes) is 29. The zero-order valence-electron chi connectivity index (χ0n) is 38.5. The van der Waals surface area contributed by atoms with E-state index in [2.05, 4.69) is 55.6 Å². The lowest BCUT2D eigenvalue weighted by Crippen LogP contribution is -2.45. The Morgan fingerprint density at radius 1 is 0.483 bits per heavy atom. The van der Waals surface area contributed by atoms with Crippen molar-refractivity contribution in [1.29, 1.82) is 0 Å². The highest BCUT2D eigenvalue weighted by atomic mass is 16.5. The molecule has 0 rings (SSSR count). The topological polar surface area (TPSA) is 95.9 Å². The Balaban J connectivity index is 3.52. The fourth-order valence-electron chi connectivity index (χ4n) is 7.49. The molecule has 0 saturated carbocycles. The Bertz CT molecular complexity index is 946. The van der Waals surface area contributed by atoms with Crippen molar-refractivity contribution in [3.8, 4) is 0 Å². The van der Waals surface area contributed by atoms with Gasteiger partial charge in [-0.1, -0.05) is 192 Å². The van der Waals surface area contributed by atoms with E-state index in [0.717, 1.165) is 83.5 Å². The van der Waals surface area contributed by atoms with Crippen molar-refractivity contribution < 1.29 is 24.5 Å². The number of aliphatic hydroxyl groups is 2. The lowest BCUT2D eigenvalue weighted by atomic mass is 10.0. The van der Waals surface area contributed by atoms with Gasteiger partial charge in [0, 0.05) is 12.8 Å². The number of carbonyl (C=O) groups excluding carboxylic acids is 2. The van der Waals surface area contributed by atoms with Crippen molar-refractivity contribution in [2.45, 2.75) is 270 Å². The van der Waals surface area contributed by atoms with Gasteiger partial charge < -0.3 is 20.3 Å². The van der Waals surface area contributed by atoms with E-state index in [4.69, 9.17) is 4.74 Å². The van der Waals surface area contributed by atoms with Gasteiger partial charge in [0.25, 0.3) is 0 Å². The first-order valence-corrected chi connectivity index (χ1v) is 25.2. The molecule has 58 heavy (non-hydrogen) atoms. The van der Waals surface area contributed by atoms with Gasteiger partial charge in [0.1, 0.15) is 0 Å². The Morgan fingerprint density at radius 3 is 1.36 bits per heavy atom. The zero-order chi connectivity index (χ0) is 42.3. The number of hydrogen-bond donors (Lipinski definition) is 3. The number of rotatable bonds is 46. The maximum absolute atomic E-state index is 12.4. The van der Waals surface area contributed by atoms with E-state index in [0.29, 0.717) is 25.9 Å². The third kappa shape index (κ3) is 43.7. The summed E-state index contributed by atoms with van der Waals surface area (Å²) in [5, 5.41) is 23.1. The summed E-state index contributed by atoms with van der Waals surface area (Å²) >= 11 is 0. The average molecular weight is 816 g/mol. The molecule has 0 aliphatic rings. The summed E-state index contributed by atoms with van der Waals surface area (Å²) in [4.78, 5) is 24.4. The highest BCUT2D eigenvalue weighted by Gasteiger charge is 2.20. The molecule has 0 spiro atoms. The van der Waals surface area contributed by atoms with Crippen LogP contribution in [-0.2, 0) is 14.3 Å². The van der Waals surface area contributed by atoms with Gasteiger partial charge in [-0.3, -0.25) is 9.59 Å². The molecule has 0 heterocycles. The Hall–Kier alpha value is -1.92. The van der Waals surface area contributed by atoms with Gasteiger partial charge in [0.15, 0.2) is 0 Å². The van der Waals surface area contributed by atoms with Crippen LogP contribution < -0.4 is 5.32 Å². The standard InChI is InChI=1S/C52H97NO5/c1-3-5-7-9-11-13-15-24-28-32-36-40-44-50(55)49(48-54)53-51(56)45-41-37-33-29-25-22-20-18-17-19-21-23-27-31-35-39-43-47-58-52(57)46-42-38-34-30-26-16-14-12-10-8-6-4-2/h12,14,17,19,23,27,49-50,54-55H,3-11,13,15-16,18,20-22,24-26,28-48H2,1-2H3,(H,53,56)/b14-12-,19-17-,27-23-. The van der Waals surface area contributed by atoms with Gasteiger partial charge in [-0.25, -0.2) is 0 Å². The van der Waals surface area contributed by atoms with E-state index < -0.39 is 12.1 Å². The van der Waals surface area contributed by atoms with Crippen molar-refractivity contribution in [1.82, 2.24) is 5.32 Å². The first-order chi connectivity index (χ1) is 28.5. The number of aliphatic hydroxyl groups excluding tert-OH is 2. The summed E-state index contributed by atoms with van der Waals surface area (Å²) in [7, 11) is 0. The second-order valence-corrected chi connectivity index (χ2v) is 17.1. The van der Waals surface area contributed by atoms with Gasteiger partial charge in [0.05, 0.1) is 25.4 Å². The molecule has 3 N–H and O–H groups in total. The van der Waals surface area contributed by atoms with Crippen LogP contribution in [0.3, 0.4) is 0 Å². The largest absolute Gasteiger partial charge is 0.466 e. The quantitative estimate of drug-likeness (QED) is 0.0323. The maximum atomic E-state index is 12.4. The molecule has 0 aromatic carbocycles. The molecule has 0 aromatic rings. The van der Waals surface area contributed by atoms with Gasteiger partial charge in [-0.2, -0.15) is 0 Å². The summed E-state index contributed by atoms with van der Waals surface area (Å²) in [6, 6.07) is -0.553. The molecule has 2 unspecified atom stereocenters. The first-order valence-electron chi connectivity index (χ1n) is 25.2. The zero-order valence-corrected chi connectivity index (χ0v) is 38.5. The van der Waals surface area contributed by atoms with E-state index >= 15 is 0 Å². The minimum atomic E-state index is -0.674. The third-order valence-corrected chi connectivity index (χ3v) is 11.4. The maximum Gasteiger partial charge on any atom is 0.305 e. The number of amides is 1. The third-order valence-electron chi connectivity index (χ3n) is 11.4. The Labute approximate surface area is 360 Å². The Kier molecular flexibility index (Phi) is 46.2. The van der Waals surface area contributed by atoms with Crippen molar-refractivity contribution in [3.63, 3.8) is 0 Å². The van der Waals surface area contributed by atoms with Crippen LogP contribution in [0.2, 0.25) is 0 Å². The summed E-state index contributed by atoms with van der Waals surface area (Å²) in [6.45, 7) is 4.86. The molecule has 1 amide bonds. The molecule has 0 aliphatic heterocycles. The molecule has 0 fully saturated rings. The SMILES string of the molecule is CCCCC/C=C\CCCCCCCC(=O)OCCCCC/C=C\C/C=C\CCCCCCCCCC(=O)NC(CO)C(O)CCCCCCCCCCCCCC. The smallest absolute Gasteiger partial charge is 0.305 e. The molecule has 0 bridgehead atoms. The lowest BCUT2D eigenvalue weighted by Gasteiger charge is -2.22. The van der Waals surface area contributed by atoms with E-state index in [9.17, 15) is 19.8 Å². The van der Waals surface area contributed by atoms with Crippen LogP contribution in [-0.4, -0.2) is 47.4 Å². The highest BCUT2D eigenvalue weighted by molar-refractivity contribution is 5.76. The molecule has 6 heteroatoms. The van der Waals surface area contributed by atoms with Crippen LogP contribution >= 0.6 is 0 Å². The summed E-state index contributed by atoms with van der Waals surface area (Å²) in [6.07, 6.45) is 56.8. The number of carbonyl (C=O) groups is 2. The molecule has 6 nitrogen and oxygen atoms in total.